The second-order valence-corrected chi connectivity index (χ2v) is 11.1. The molecule has 37 heavy (non-hydrogen) atoms. The highest BCUT2D eigenvalue weighted by molar-refractivity contribution is 7.88. The number of carbonyl (C=O) groups is 2. The maximum Gasteiger partial charge on any atom is 0.417 e. The van der Waals surface area contributed by atoms with E-state index in [1.165, 1.54) is 4.90 Å². The van der Waals surface area contributed by atoms with E-state index in [1.54, 1.807) is 12.1 Å². The third-order valence-corrected chi connectivity index (χ3v) is 7.13. The van der Waals surface area contributed by atoms with Gasteiger partial charge in [-0.15, -0.1) is 0 Å². The quantitative estimate of drug-likeness (QED) is 0.464. The summed E-state index contributed by atoms with van der Waals surface area (Å²) in [4.78, 5) is 30.2. The molecular formula is C23H25F4N5O4S. The fourth-order valence-electron chi connectivity index (χ4n) is 4.23. The van der Waals surface area contributed by atoms with Gasteiger partial charge >= 0.3 is 12.2 Å². The molecule has 1 aromatic carbocycles. The third kappa shape index (κ3) is 6.36. The largest absolute Gasteiger partial charge is 0.417 e. The highest BCUT2D eigenvalue weighted by Gasteiger charge is 2.44. The Morgan fingerprint density at radius 2 is 1.89 bits per heavy atom. The normalized spacial score (nSPS) is 19.4. The lowest BCUT2D eigenvalue weighted by atomic mass is 9.95. The number of nitrogens with one attached hydrogen (secondary N) is 3. The zero-order valence-electron chi connectivity index (χ0n) is 19.7. The van der Waals surface area contributed by atoms with Crippen LogP contribution in [-0.2, 0) is 26.4 Å². The molecule has 1 saturated heterocycles. The first-order valence-corrected chi connectivity index (χ1v) is 13.3. The number of hydrogen-bond donors (Lipinski definition) is 3. The minimum Gasteiger partial charge on any atom is -0.326 e. The molecule has 14 heteroatoms. The standard InChI is InChI=1S/C23H25F4N5O4S/c1-37(35,36)29-13-22(8-9-22)14-4-6-16(7-5-14)32-10-2-3-18(20(32)33)30-21(34)31-19-17(24)11-15(12-28-19)23(25,26)27/h4-7,11-12,18,29H,2-3,8-10,13H2,1H3,(H2,28,30,31,34)/t18-/m1/s1. The minimum atomic E-state index is -4.78. The fourth-order valence-corrected chi connectivity index (χ4v) is 4.77. The second-order valence-electron chi connectivity index (χ2n) is 9.26. The molecule has 0 radical (unpaired) electrons. The molecule has 2 heterocycles. The molecule has 2 fully saturated rings. The number of sulfonamides is 1. The van der Waals surface area contributed by atoms with E-state index in [0.717, 1.165) is 24.7 Å². The van der Waals surface area contributed by atoms with Gasteiger partial charge in [0.05, 0.1) is 11.8 Å². The van der Waals surface area contributed by atoms with Crippen molar-refractivity contribution in [1.82, 2.24) is 15.0 Å². The van der Waals surface area contributed by atoms with Crippen LogP contribution in [0.5, 0.6) is 0 Å². The van der Waals surface area contributed by atoms with Crippen molar-refractivity contribution in [2.24, 2.45) is 0 Å². The van der Waals surface area contributed by atoms with Crippen LogP contribution >= 0.6 is 0 Å². The van der Waals surface area contributed by atoms with E-state index in [2.05, 4.69) is 15.0 Å². The van der Waals surface area contributed by atoms with Gasteiger partial charge in [0.25, 0.3) is 0 Å². The smallest absolute Gasteiger partial charge is 0.326 e. The third-order valence-electron chi connectivity index (χ3n) is 6.46. The summed E-state index contributed by atoms with van der Waals surface area (Å²) in [5, 5.41) is 4.47. The van der Waals surface area contributed by atoms with Crippen molar-refractivity contribution in [3.8, 4) is 0 Å². The van der Waals surface area contributed by atoms with Crippen LogP contribution in [0.1, 0.15) is 36.8 Å². The lowest BCUT2D eigenvalue weighted by Crippen LogP contribution is -2.53. The van der Waals surface area contributed by atoms with E-state index in [-0.39, 0.29) is 11.5 Å². The van der Waals surface area contributed by atoms with Gasteiger partial charge in [-0.2, -0.15) is 13.2 Å². The summed E-state index contributed by atoms with van der Waals surface area (Å²) < 4.78 is 77.5. The molecule has 1 aromatic heterocycles. The molecule has 3 amide bonds. The number of pyridine rings is 1. The molecule has 1 saturated carbocycles. The molecule has 0 spiro atoms. The molecule has 3 N–H and O–H groups in total. The first-order chi connectivity index (χ1) is 17.3. The number of alkyl halides is 3. The van der Waals surface area contributed by atoms with Crippen LogP contribution in [-0.4, -0.2) is 50.7 Å². The molecule has 1 aliphatic carbocycles. The number of halogens is 4. The van der Waals surface area contributed by atoms with Gasteiger partial charge < -0.3 is 10.2 Å². The van der Waals surface area contributed by atoms with Gasteiger partial charge in [-0.25, -0.2) is 27.3 Å². The fraction of sp³-hybridized carbons (Fsp3) is 0.435. The average molecular weight is 544 g/mol. The predicted molar refractivity (Wildman–Crippen MR) is 127 cm³/mol. The topological polar surface area (TPSA) is 120 Å². The molecule has 2 aliphatic rings. The van der Waals surface area contributed by atoms with Gasteiger partial charge in [-0.3, -0.25) is 10.1 Å². The number of piperidine rings is 1. The van der Waals surface area contributed by atoms with Gasteiger partial charge in [-0.1, -0.05) is 12.1 Å². The number of rotatable bonds is 7. The lowest BCUT2D eigenvalue weighted by Gasteiger charge is -2.33. The van der Waals surface area contributed by atoms with Crippen molar-refractivity contribution >= 4 is 33.5 Å². The van der Waals surface area contributed by atoms with Crippen molar-refractivity contribution < 1.29 is 35.6 Å². The number of amides is 3. The number of nitrogens with zero attached hydrogens (tertiary/aromatic N) is 2. The lowest BCUT2D eigenvalue weighted by molar-refractivity contribution is -0.138. The Morgan fingerprint density at radius 3 is 2.46 bits per heavy atom. The molecule has 9 nitrogen and oxygen atoms in total. The highest BCUT2D eigenvalue weighted by Crippen LogP contribution is 2.48. The molecule has 0 unspecified atom stereocenters. The molecule has 1 aliphatic heterocycles. The molecule has 4 rings (SSSR count). The number of hydrogen-bond acceptors (Lipinski definition) is 5. The van der Waals surface area contributed by atoms with Gasteiger partial charge in [0, 0.05) is 30.4 Å². The Kier molecular flexibility index (Phi) is 7.16. The van der Waals surface area contributed by atoms with Crippen LogP contribution in [0.15, 0.2) is 36.5 Å². The SMILES string of the molecule is CS(=O)(=O)NCC1(c2ccc(N3CCC[C@@H](NC(=O)Nc4ncc(C(F)(F)F)cc4F)C3=O)cc2)CC1. The van der Waals surface area contributed by atoms with Crippen LogP contribution in [0.25, 0.3) is 0 Å². The summed E-state index contributed by atoms with van der Waals surface area (Å²) in [6, 6.07) is 5.54. The van der Waals surface area contributed by atoms with Crippen molar-refractivity contribution in [2.75, 3.05) is 29.6 Å². The van der Waals surface area contributed by atoms with E-state index in [1.807, 2.05) is 17.4 Å². The van der Waals surface area contributed by atoms with Crippen LogP contribution < -0.4 is 20.3 Å². The van der Waals surface area contributed by atoms with Gasteiger partial charge in [0.15, 0.2) is 11.6 Å². The number of anilines is 2. The first kappa shape index (κ1) is 26.8. The Morgan fingerprint density at radius 1 is 1.22 bits per heavy atom. The van der Waals surface area contributed by atoms with E-state index in [9.17, 15) is 35.6 Å². The van der Waals surface area contributed by atoms with Gasteiger partial charge in [-0.05, 0) is 49.4 Å². The molecular weight excluding hydrogens is 518 g/mol. The minimum absolute atomic E-state index is 0.225. The molecule has 2 aromatic rings. The van der Waals surface area contributed by atoms with E-state index in [4.69, 9.17) is 0 Å². The Bertz CT molecular complexity index is 1300. The van der Waals surface area contributed by atoms with Crippen molar-refractivity contribution in [1.29, 1.82) is 0 Å². The van der Waals surface area contributed by atoms with Crippen LogP contribution in [0.3, 0.4) is 0 Å². The molecule has 0 bridgehead atoms. The Balaban J connectivity index is 1.38. The predicted octanol–water partition coefficient (Wildman–Crippen LogP) is 3.14. The van der Waals surface area contributed by atoms with Crippen molar-refractivity contribution in [3.63, 3.8) is 0 Å². The maximum absolute atomic E-state index is 14.0. The summed E-state index contributed by atoms with van der Waals surface area (Å²) in [5.41, 5.74) is -0.00332. The van der Waals surface area contributed by atoms with E-state index < -0.39 is 51.4 Å². The number of carbonyl (C=O) groups excluding carboxylic acids is 2. The van der Waals surface area contributed by atoms with Crippen LogP contribution in [0.2, 0.25) is 0 Å². The van der Waals surface area contributed by atoms with Gasteiger partial charge in [0.1, 0.15) is 6.04 Å². The number of aromatic nitrogens is 1. The zero-order chi connectivity index (χ0) is 27.0. The molecule has 1 atom stereocenters. The monoisotopic (exact) mass is 543 g/mol. The summed E-state index contributed by atoms with van der Waals surface area (Å²) in [6.07, 6.45) is -0.705. The number of urea groups is 1. The summed E-state index contributed by atoms with van der Waals surface area (Å²) in [6.45, 7) is 0.706. The van der Waals surface area contributed by atoms with E-state index >= 15 is 0 Å². The summed E-state index contributed by atoms with van der Waals surface area (Å²) >= 11 is 0. The highest BCUT2D eigenvalue weighted by atomic mass is 32.2. The van der Waals surface area contributed by atoms with Crippen LogP contribution in [0, 0.1) is 5.82 Å². The first-order valence-electron chi connectivity index (χ1n) is 11.4. The molecule has 200 valence electrons. The Hall–Kier alpha value is -3.26. The van der Waals surface area contributed by atoms with Crippen molar-refractivity contribution in [2.45, 2.75) is 43.3 Å². The van der Waals surface area contributed by atoms with Gasteiger partial charge in [0.2, 0.25) is 15.9 Å². The zero-order valence-corrected chi connectivity index (χ0v) is 20.5. The Labute approximate surface area is 210 Å². The second kappa shape index (κ2) is 9.89. The summed E-state index contributed by atoms with van der Waals surface area (Å²) in [5.74, 6) is -2.45. The number of benzene rings is 1. The summed E-state index contributed by atoms with van der Waals surface area (Å²) in [7, 11) is -3.32. The van der Waals surface area contributed by atoms with E-state index in [0.29, 0.717) is 37.8 Å². The maximum atomic E-state index is 14.0. The average Bonchev–Trinajstić information content (AvgIpc) is 3.61. The van der Waals surface area contributed by atoms with Crippen LogP contribution in [0.4, 0.5) is 33.9 Å². The van der Waals surface area contributed by atoms with Crippen molar-refractivity contribution in [3.05, 3.63) is 53.5 Å².